The molecule has 9 heteroatoms. The molecule has 1 aliphatic carbocycles. The zero-order chi connectivity index (χ0) is 24.5. The van der Waals surface area contributed by atoms with Crippen molar-refractivity contribution < 1.29 is 19.4 Å². The number of hydrogen-bond acceptors (Lipinski definition) is 7. The highest BCUT2D eigenvalue weighted by Gasteiger charge is 2.27. The topological polar surface area (TPSA) is 125 Å². The van der Waals surface area contributed by atoms with Crippen LogP contribution in [-0.4, -0.2) is 45.9 Å². The molecule has 0 unspecified atom stereocenters. The van der Waals surface area contributed by atoms with Gasteiger partial charge in [0, 0.05) is 41.0 Å². The van der Waals surface area contributed by atoms with E-state index < -0.39 is 5.91 Å². The number of anilines is 2. The predicted octanol–water partition coefficient (Wildman–Crippen LogP) is 3.73. The van der Waals surface area contributed by atoms with Crippen molar-refractivity contribution in [1.82, 2.24) is 14.5 Å². The summed E-state index contributed by atoms with van der Waals surface area (Å²) in [5.74, 6) is 1.21. The van der Waals surface area contributed by atoms with Gasteiger partial charge in [-0.15, -0.1) is 0 Å². The fourth-order valence-electron chi connectivity index (χ4n) is 4.49. The number of hydrogen-bond donors (Lipinski definition) is 3. The van der Waals surface area contributed by atoms with E-state index in [1.807, 2.05) is 6.07 Å². The number of aliphatic hydroxyl groups excluding tert-OH is 1. The summed E-state index contributed by atoms with van der Waals surface area (Å²) in [6.07, 6.45) is 5.18. The number of benzene rings is 2. The lowest BCUT2D eigenvalue weighted by Gasteiger charge is -2.31. The van der Waals surface area contributed by atoms with Crippen LogP contribution in [0.2, 0.25) is 0 Å². The molecule has 2 heterocycles. The number of rotatable bonds is 8. The Kier molecular flexibility index (Phi) is 6.00. The van der Waals surface area contributed by atoms with Gasteiger partial charge in [-0.05, 0) is 49.1 Å². The zero-order valence-corrected chi connectivity index (χ0v) is 19.6. The van der Waals surface area contributed by atoms with Gasteiger partial charge >= 0.3 is 0 Å². The normalized spacial score (nSPS) is 17.1. The minimum absolute atomic E-state index is 0.0402. The highest BCUT2D eigenvalue weighted by Crippen LogP contribution is 2.33. The summed E-state index contributed by atoms with van der Waals surface area (Å²) >= 11 is 0. The third-order valence-corrected chi connectivity index (χ3v) is 6.38. The number of primary amides is 1. The van der Waals surface area contributed by atoms with Crippen LogP contribution in [0.1, 0.15) is 23.3 Å². The van der Waals surface area contributed by atoms with Crippen LogP contribution in [-0.2, 0) is 6.54 Å². The average Bonchev–Trinajstić information content (AvgIpc) is 3.24. The number of nitrogens with two attached hydrogens (primary N) is 1. The van der Waals surface area contributed by atoms with Crippen molar-refractivity contribution in [3.63, 3.8) is 0 Å². The van der Waals surface area contributed by atoms with Gasteiger partial charge in [0.2, 0.25) is 0 Å². The highest BCUT2D eigenvalue weighted by atomic mass is 16.5. The Morgan fingerprint density at radius 1 is 1.14 bits per heavy atom. The van der Waals surface area contributed by atoms with Crippen LogP contribution in [0.5, 0.6) is 11.5 Å². The van der Waals surface area contributed by atoms with Crippen molar-refractivity contribution in [2.24, 2.45) is 11.7 Å². The molecule has 4 aromatic rings. The first kappa shape index (κ1) is 22.7. The van der Waals surface area contributed by atoms with E-state index in [-0.39, 0.29) is 17.6 Å². The Hall–Kier alpha value is -4.11. The number of methoxy groups -OCH3 is 2. The molecule has 5 rings (SSSR count). The van der Waals surface area contributed by atoms with Gasteiger partial charge in [-0.25, -0.2) is 9.97 Å². The smallest absolute Gasteiger partial charge is 0.271 e. The fraction of sp³-hybridized carbons (Fsp3) is 0.269. The first-order valence-electron chi connectivity index (χ1n) is 11.4. The van der Waals surface area contributed by atoms with Crippen LogP contribution >= 0.6 is 0 Å². The quantitative estimate of drug-likeness (QED) is 0.356. The number of nitrogens with zero attached hydrogens (tertiary/aromatic N) is 3. The molecule has 180 valence electrons. The van der Waals surface area contributed by atoms with E-state index in [4.69, 9.17) is 15.2 Å². The SMILES string of the molecule is COc1ccc(Nc2nc(-c3ccc4c(ccn4CC4CC(O)C4)c3)cnc2C(N)=O)cc1OC. The molecule has 4 N–H and O–H groups in total. The van der Waals surface area contributed by atoms with E-state index in [0.717, 1.165) is 35.9 Å². The van der Waals surface area contributed by atoms with Crippen LogP contribution in [0.3, 0.4) is 0 Å². The Bertz CT molecular complexity index is 1390. The van der Waals surface area contributed by atoms with Gasteiger partial charge in [-0.2, -0.15) is 0 Å². The minimum Gasteiger partial charge on any atom is -0.493 e. The fourth-order valence-corrected chi connectivity index (χ4v) is 4.49. The average molecular weight is 474 g/mol. The van der Waals surface area contributed by atoms with E-state index in [1.165, 1.54) is 0 Å². The molecular formula is C26H27N5O4. The van der Waals surface area contributed by atoms with Crippen LogP contribution in [0.25, 0.3) is 22.2 Å². The summed E-state index contributed by atoms with van der Waals surface area (Å²) in [6, 6.07) is 13.5. The molecule has 0 bridgehead atoms. The minimum atomic E-state index is -0.680. The van der Waals surface area contributed by atoms with E-state index in [1.54, 1.807) is 38.6 Å². The van der Waals surface area contributed by atoms with Gasteiger partial charge in [0.15, 0.2) is 23.0 Å². The lowest BCUT2D eigenvalue weighted by molar-refractivity contribution is 0.0358. The molecular weight excluding hydrogens is 446 g/mol. The van der Waals surface area contributed by atoms with Crippen LogP contribution in [0.15, 0.2) is 54.9 Å². The number of carbonyl (C=O) groups is 1. The van der Waals surface area contributed by atoms with Crippen molar-refractivity contribution in [3.05, 3.63) is 60.6 Å². The Morgan fingerprint density at radius 3 is 2.66 bits per heavy atom. The van der Waals surface area contributed by atoms with Crippen molar-refractivity contribution in [2.75, 3.05) is 19.5 Å². The van der Waals surface area contributed by atoms with Crippen molar-refractivity contribution in [3.8, 4) is 22.8 Å². The third kappa shape index (κ3) is 4.50. The maximum atomic E-state index is 12.0. The molecule has 2 aromatic heterocycles. The summed E-state index contributed by atoms with van der Waals surface area (Å²) in [4.78, 5) is 21.0. The maximum Gasteiger partial charge on any atom is 0.271 e. The molecule has 0 aliphatic heterocycles. The first-order chi connectivity index (χ1) is 16.9. The number of carbonyl (C=O) groups excluding carboxylic acids is 1. The molecule has 1 fully saturated rings. The number of nitrogens with one attached hydrogen (secondary N) is 1. The molecule has 9 nitrogen and oxygen atoms in total. The van der Waals surface area contributed by atoms with Gasteiger partial charge in [0.25, 0.3) is 5.91 Å². The standard InChI is InChI=1S/C26H27N5O4/c1-34-22-6-4-18(12-23(22)35-2)29-26-24(25(27)33)28-13-20(30-26)16-3-5-21-17(11-16)7-8-31(21)14-15-9-19(32)10-15/h3-8,11-13,15,19,32H,9-10,14H2,1-2H3,(H2,27,33)(H,29,30). The molecule has 1 aliphatic rings. The molecule has 1 amide bonds. The molecule has 0 atom stereocenters. The van der Waals surface area contributed by atoms with Gasteiger partial charge in [-0.3, -0.25) is 4.79 Å². The Morgan fingerprint density at radius 2 is 1.94 bits per heavy atom. The van der Waals surface area contributed by atoms with Crippen LogP contribution in [0.4, 0.5) is 11.5 Å². The van der Waals surface area contributed by atoms with E-state index >= 15 is 0 Å². The Balaban J connectivity index is 1.45. The third-order valence-electron chi connectivity index (χ3n) is 6.38. The molecule has 0 spiro atoms. The largest absolute Gasteiger partial charge is 0.493 e. The second kappa shape index (κ2) is 9.27. The number of aromatic nitrogens is 3. The van der Waals surface area contributed by atoms with Gasteiger partial charge in [0.05, 0.1) is 32.2 Å². The number of fused-ring (bicyclic) bond motifs is 1. The van der Waals surface area contributed by atoms with Gasteiger partial charge in [0.1, 0.15) is 0 Å². The first-order valence-corrected chi connectivity index (χ1v) is 11.4. The molecule has 35 heavy (non-hydrogen) atoms. The summed E-state index contributed by atoms with van der Waals surface area (Å²) in [6.45, 7) is 0.895. The highest BCUT2D eigenvalue weighted by molar-refractivity contribution is 5.96. The van der Waals surface area contributed by atoms with Gasteiger partial charge in [-0.1, -0.05) is 6.07 Å². The molecule has 2 aromatic carbocycles. The summed E-state index contributed by atoms with van der Waals surface area (Å²) in [5, 5.41) is 13.8. The number of amides is 1. The maximum absolute atomic E-state index is 12.0. The van der Waals surface area contributed by atoms with Gasteiger partial charge < -0.3 is 30.2 Å². The van der Waals surface area contributed by atoms with Crippen molar-refractivity contribution >= 4 is 28.3 Å². The second-order valence-electron chi connectivity index (χ2n) is 8.74. The van der Waals surface area contributed by atoms with E-state index in [9.17, 15) is 9.90 Å². The number of ether oxygens (including phenoxy) is 2. The molecule has 0 radical (unpaired) electrons. The van der Waals surface area contributed by atoms with Crippen molar-refractivity contribution in [1.29, 1.82) is 0 Å². The Labute approximate surface area is 202 Å². The predicted molar refractivity (Wildman–Crippen MR) is 133 cm³/mol. The van der Waals surface area contributed by atoms with Crippen LogP contribution < -0.4 is 20.5 Å². The lowest BCUT2D eigenvalue weighted by atomic mass is 9.82. The van der Waals surface area contributed by atoms with Crippen molar-refractivity contribution in [2.45, 2.75) is 25.5 Å². The molecule has 0 saturated heterocycles. The zero-order valence-electron chi connectivity index (χ0n) is 19.6. The van der Waals surface area contributed by atoms with E-state index in [0.29, 0.717) is 28.8 Å². The second-order valence-corrected chi connectivity index (χ2v) is 8.74. The molecule has 1 saturated carbocycles. The van der Waals surface area contributed by atoms with Crippen LogP contribution in [0, 0.1) is 5.92 Å². The van der Waals surface area contributed by atoms with E-state index in [2.05, 4.69) is 44.2 Å². The summed E-state index contributed by atoms with van der Waals surface area (Å²) < 4.78 is 12.9. The number of aliphatic hydroxyl groups is 1. The summed E-state index contributed by atoms with van der Waals surface area (Å²) in [5.41, 5.74) is 8.84. The lowest BCUT2D eigenvalue weighted by Crippen LogP contribution is -2.31. The monoisotopic (exact) mass is 473 g/mol. The summed E-state index contributed by atoms with van der Waals surface area (Å²) in [7, 11) is 3.11.